The first kappa shape index (κ1) is 24.2. The number of nitrogens with one attached hydrogen (secondary N) is 1. The molecule has 1 N–H and O–H groups in total. The second-order valence-corrected chi connectivity index (χ2v) is 9.84. The zero-order chi connectivity index (χ0) is 24.6. The molecule has 1 saturated heterocycles. The topological polar surface area (TPSA) is 92.8 Å². The molecule has 1 aliphatic carbocycles. The Balaban J connectivity index is 1.37. The van der Waals surface area contributed by atoms with Gasteiger partial charge in [-0.05, 0) is 68.1 Å². The smallest absolute Gasteiger partial charge is 0.338 e. The molecule has 1 heterocycles. The van der Waals surface area contributed by atoms with Gasteiger partial charge < -0.3 is 10.1 Å². The van der Waals surface area contributed by atoms with Crippen molar-refractivity contribution in [1.82, 2.24) is 0 Å². The van der Waals surface area contributed by atoms with Gasteiger partial charge in [0.2, 0.25) is 11.8 Å². The molecular formula is C25H24Cl2N2O5. The molecule has 2 fully saturated rings. The van der Waals surface area contributed by atoms with E-state index in [9.17, 15) is 19.2 Å². The number of benzene rings is 2. The van der Waals surface area contributed by atoms with Crippen LogP contribution in [0.15, 0.2) is 42.5 Å². The van der Waals surface area contributed by atoms with Crippen LogP contribution in [0, 0.1) is 25.7 Å². The molecule has 0 radical (unpaired) electrons. The standard InChI is InChI=1S/C25H24Cl2N2O5/c1-13-3-4-14(2)21(9-13)28-22(30)12-34-25(33)15-5-7-16(8-6-15)29-23(31)17-10-19(26)20(27)11-18(17)24(29)32/h3-9,17-20H,10-12H2,1-2H3,(H,28,30)/t17-,18-,19+,20+/m1/s1. The molecule has 0 unspecified atom stereocenters. The summed E-state index contributed by atoms with van der Waals surface area (Å²) >= 11 is 12.4. The zero-order valence-electron chi connectivity index (χ0n) is 18.7. The van der Waals surface area contributed by atoms with Crippen LogP contribution < -0.4 is 10.2 Å². The monoisotopic (exact) mass is 502 g/mol. The van der Waals surface area contributed by atoms with E-state index in [0.717, 1.165) is 16.0 Å². The van der Waals surface area contributed by atoms with Crippen LogP contribution in [0.5, 0.6) is 0 Å². The van der Waals surface area contributed by atoms with Crippen LogP contribution in [0.4, 0.5) is 11.4 Å². The van der Waals surface area contributed by atoms with Gasteiger partial charge in [-0.3, -0.25) is 19.3 Å². The van der Waals surface area contributed by atoms with Gasteiger partial charge in [0.1, 0.15) is 0 Å². The summed E-state index contributed by atoms with van der Waals surface area (Å²) in [5.74, 6) is -2.71. The van der Waals surface area contributed by atoms with E-state index in [4.69, 9.17) is 27.9 Å². The van der Waals surface area contributed by atoms with E-state index in [-0.39, 0.29) is 28.1 Å². The molecule has 2 aromatic rings. The fraction of sp³-hybridized carbons (Fsp3) is 0.360. The first-order valence-corrected chi connectivity index (χ1v) is 11.8. The SMILES string of the molecule is Cc1ccc(C)c(NC(=O)COC(=O)c2ccc(N3C(=O)[C@@H]4C[C@H](Cl)[C@@H](Cl)C[C@H]4C3=O)cc2)c1. The van der Waals surface area contributed by atoms with E-state index in [1.807, 2.05) is 32.0 Å². The number of amides is 3. The number of anilines is 2. The number of carbonyl (C=O) groups excluding carboxylic acids is 4. The molecule has 4 rings (SSSR count). The minimum atomic E-state index is -0.689. The summed E-state index contributed by atoms with van der Waals surface area (Å²) in [7, 11) is 0. The largest absolute Gasteiger partial charge is 0.452 e. The van der Waals surface area contributed by atoms with E-state index in [1.165, 1.54) is 24.3 Å². The van der Waals surface area contributed by atoms with Crippen molar-refractivity contribution in [3.05, 3.63) is 59.2 Å². The van der Waals surface area contributed by atoms with Gasteiger partial charge in [-0.25, -0.2) is 4.79 Å². The minimum Gasteiger partial charge on any atom is -0.452 e. The first-order chi connectivity index (χ1) is 16.2. The summed E-state index contributed by atoms with van der Waals surface area (Å²) in [6.45, 7) is 3.34. The van der Waals surface area contributed by atoms with E-state index >= 15 is 0 Å². The van der Waals surface area contributed by atoms with Gasteiger partial charge in [0.25, 0.3) is 5.91 Å². The van der Waals surface area contributed by atoms with Crippen molar-refractivity contribution in [2.24, 2.45) is 11.8 Å². The number of carbonyl (C=O) groups is 4. The maximum absolute atomic E-state index is 12.9. The molecule has 0 bridgehead atoms. The van der Waals surface area contributed by atoms with Crippen molar-refractivity contribution in [2.45, 2.75) is 37.4 Å². The number of aryl methyl sites for hydroxylation is 2. The summed E-state index contributed by atoms with van der Waals surface area (Å²) in [5, 5.41) is 2.01. The van der Waals surface area contributed by atoms with Crippen LogP contribution in [0.1, 0.15) is 34.3 Å². The lowest BCUT2D eigenvalue weighted by atomic mass is 9.80. The first-order valence-electron chi connectivity index (χ1n) is 11.0. The number of imide groups is 1. The predicted octanol–water partition coefficient (Wildman–Crippen LogP) is 4.21. The second-order valence-electron chi connectivity index (χ2n) is 8.72. The zero-order valence-corrected chi connectivity index (χ0v) is 20.2. The highest BCUT2D eigenvalue weighted by Gasteiger charge is 2.52. The third-order valence-corrected chi connectivity index (χ3v) is 7.37. The molecule has 34 heavy (non-hydrogen) atoms. The number of rotatable bonds is 5. The third kappa shape index (κ3) is 4.81. The Kier molecular flexibility index (Phi) is 6.96. The molecule has 1 aliphatic heterocycles. The Morgan fingerprint density at radius 1 is 0.971 bits per heavy atom. The normalized spacial score (nSPS) is 24.1. The molecular weight excluding hydrogens is 479 g/mol. The average Bonchev–Trinajstić information content (AvgIpc) is 3.04. The quantitative estimate of drug-likeness (QED) is 0.375. The molecule has 9 heteroatoms. The summed E-state index contributed by atoms with van der Waals surface area (Å²) < 4.78 is 5.11. The van der Waals surface area contributed by atoms with Crippen molar-refractivity contribution in [3.8, 4) is 0 Å². The predicted molar refractivity (Wildman–Crippen MR) is 129 cm³/mol. The van der Waals surface area contributed by atoms with Crippen LogP contribution >= 0.6 is 23.2 Å². The third-order valence-electron chi connectivity index (χ3n) is 6.27. The molecule has 7 nitrogen and oxygen atoms in total. The van der Waals surface area contributed by atoms with Gasteiger partial charge in [0, 0.05) is 5.69 Å². The Hall–Kier alpha value is -2.90. The lowest BCUT2D eigenvalue weighted by molar-refractivity contribution is -0.122. The number of nitrogens with zero attached hydrogens (tertiary/aromatic N) is 1. The van der Waals surface area contributed by atoms with Gasteiger partial charge in [-0.1, -0.05) is 12.1 Å². The molecule has 1 saturated carbocycles. The van der Waals surface area contributed by atoms with Crippen LogP contribution in [0.2, 0.25) is 0 Å². The Morgan fingerprint density at radius 2 is 1.56 bits per heavy atom. The fourth-order valence-corrected chi connectivity index (χ4v) is 4.96. The molecule has 3 amide bonds. The van der Waals surface area contributed by atoms with Crippen molar-refractivity contribution in [2.75, 3.05) is 16.8 Å². The Morgan fingerprint density at radius 3 is 2.15 bits per heavy atom. The number of fused-ring (bicyclic) bond motifs is 1. The second kappa shape index (κ2) is 9.76. The number of ether oxygens (including phenoxy) is 1. The average molecular weight is 503 g/mol. The van der Waals surface area contributed by atoms with Crippen molar-refractivity contribution >= 4 is 58.3 Å². The van der Waals surface area contributed by atoms with Gasteiger partial charge in [0.15, 0.2) is 6.61 Å². The van der Waals surface area contributed by atoms with Gasteiger partial charge in [-0.2, -0.15) is 0 Å². The van der Waals surface area contributed by atoms with Crippen LogP contribution in [-0.4, -0.2) is 41.1 Å². The van der Waals surface area contributed by atoms with Gasteiger partial charge in [0.05, 0.1) is 33.8 Å². The number of hydrogen-bond donors (Lipinski definition) is 1. The lowest BCUT2D eigenvalue weighted by Crippen LogP contribution is -2.34. The molecule has 2 aromatic carbocycles. The molecule has 178 valence electrons. The molecule has 2 aliphatic rings. The van der Waals surface area contributed by atoms with Crippen LogP contribution in [0.3, 0.4) is 0 Å². The molecule has 0 spiro atoms. The Bertz CT molecular complexity index is 1120. The number of hydrogen-bond acceptors (Lipinski definition) is 5. The van der Waals surface area contributed by atoms with Gasteiger partial charge in [-0.15, -0.1) is 23.2 Å². The van der Waals surface area contributed by atoms with E-state index < -0.39 is 30.3 Å². The minimum absolute atomic E-state index is 0.196. The van der Waals surface area contributed by atoms with Crippen molar-refractivity contribution < 1.29 is 23.9 Å². The highest BCUT2D eigenvalue weighted by molar-refractivity contribution is 6.31. The Labute approximate surface area is 207 Å². The fourth-order valence-electron chi connectivity index (χ4n) is 4.37. The number of alkyl halides is 2. The van der Waals surface area contributed by atoms with Crippen molar-refractivity contribution in [1.29, 1.82) is 0 Å². The van der Waals surface area contributed by atoms with E-state index in [0.29, 0.717) is 24.2 Å². The van der Waals surface area contributed by atoms with Gasteiger partial charge >= 0.3 is 5.97 Å². The van der Waals surface area contributed by atoms with E-state index in [1.54, 1.807) is 0 Å². The summed E-state index contributed by atoms with van der Waals surface area (Å²) in [6, 6.07) is 11.6. The summed E-state index contributed by atoms with van der Waals surface area (Å²) in [6.07, 6.45) is 0.714. The highest BCUT2D eigenvalue weighted by Crippen LogP contribution is 2.43. The number of esters is 1. The van der Waals surface area contributed by atoms with Crippen molar-refractivity contribution in [3.63, 3.8) is 0 Å². The molecule has 4 atom stereocenters. The maximum Gasteiger partial charge on any atom is 0.338 e. The highest BCUT2D eigenvalue weighted by atomic mass is 35.5. The van der Waals surface area contributed by atoms with E-state index in [2.05, 4.69) is 5.32 Å². The lowest BCUT2D eigenvalue weighted by Gasteiger charge is -2.28. The molecule has 0 aromatic heterocycles. The maximum atomic E-state index is 12.9. The summed E-state index contributed by atoms with van der Waals surface area (Å²) in [4.78, 5) is 51.4. The van der Waals surface area contributed by atoms with Crippen LogP contribution in [0.25, 0.3) is 0 Å². The van der Waals surface area contributed by atoms with Crippen LogP contribution in [-0.2, 0) is 19.1 Å². The number of halogens is 2. The summed E-state index contributed by atoms with van der Waals surface area (Å²) in [5.41, 5.74) is 3.12.